The van der Waals surface area contributed by atoms with Gasteiger partial charge in [0.15, 0.2) is 11.5 Å². The number of carbonyl (C=O) groups excluding carboxylic acids is 2. The minimum absolute atomic E-state index is 0.0867. The van der Waals surface area contributed by atoms with E-state index in [2.05, 4.69) is 23.8 Å². The van der Waals surface area contributed by atoms with Gasteiger partial charge in [0, 0.05) is 13.1 Å². The fourth-order valence-corrected chi connectivity index (χ4v) is 3.37. The van der Waals surface area contributed by atoms with Gasteiger partial charge in [0.1, 0.15) is 6.04 Å². The van der Waals surface area contributed by atoms with Crippen molar-refractivity contribution in [2.75, 3.05) is 19.9 Å². The second-order valence-corrected chi connectivity index (χ2v) is 7.40. The van der Waals surface area contributed by atoms with Crippen molar-refractivity contribution in [2.24, 2.45) is 0 Å². The van der Waals surface area contributed by atoms with Crippen molar-refractivity contribution in [1.82, 2.24) is 15.5 Å². The summed E-state index contributed by atoms with van der Waals surface area (Å²) < 4.78 is 10.6. The molecule has 2 rings (SSSR count). The Kier molecular flexibility index (Phi) is 9.59. The molecule has 3 amide bonds. The van der Waals surface area contributed by atoms with Crippen LogP contribution in [0.5, 0.6) is 11.5 Å². The summed E-state index contributed by atoms with van der Waals surface area (Å²) in [6.45, 7) is 10.1. The maximum absolute atomic E-state index is 13.0. The molecule has 0 bridgehead atoms. The van der Waals surface area contributed by atoms with Crippen molar-refractivity contribution in [2.45, 2.75) is 44.7 Å². The van der Waals surface area contributed by atoms with Gasteiger partial charge in [0.25, 0.3) is 0 Å². The molecule has 2 atom stereocenters. The maximum Gasteiger partial charge on any atom is 0.315 e. The van der Waals surface area contributed by atoms with E-state index in [1.165, 1.54) is 0 Å². The number of amides is 3. The molecule has 0 spiro atoms. The number of aliphatic carboxylic acids is 1. The topological polar surface area (TPSA) is 117 Å². The van der Waals surface area contributed by atoms with Crippen molar-refractivity contribution in [1.29, 1.82) is 0 Å². The van der Waals surface area contributed by atoms with E-state index in [0.717, 1.165) is 12.8 Å². The van der Waals surface area contributed by atoms with E-state index in [0.29, 0.717) is 36.6 Å². The lowest BCUT2D eigenvalue weighted by Gasteiger charge is -2.27. The van der Waals surface area contributed by atoms with E-state index in [1.807, 2.05) is 6.92 Å². The Balaban J connectivity index is 2.14. The predicted octanol–water partition coefficient (Wildman–Crippen LogP) is 2.99. The number of fused-ring (bicyclic) bond motifs is 1. The van der Waals surface area contributed by atoms with Gasteiger partial charge in [-0.25, -0.2) is 4.79 Å². The molecule has 1 aromatic carbocycles. The van der Waals surface area contributed by atoms with Crippen LogP contribution >= 0.6 is 0 Å². The lowest BCUT2D eigenvalue weighted by Crippen LogP contribution is -2.52. The molecule has 174 valence electrons. The summed E-state index contributed by atoms with van der Waals surface area (Å²) in [6, 6.07) is 2.80. The Morgan fingerprint density at radius 2 is 1.84 bits per heavy atom. The number of carboxylic acid groups (broad SMARTS) is 1. The number of hydrogen-bond acceptors (Lipinski definition) is 5. The molecule has 0 fully saturated rings. The highest BCUT2D eigenvalue weighted by Crippen LogP contribution is 2.34. The zero-order chi connectivity index (χ0) is 23.5. The van der Waals surface area contributed by atoms with Crippen LogP contribution in [0.4, 0.5) is 4.79 Å². The number of ether oxygens (including phenoxy) is 2. The van der Waals surface area contributed by atoms with Crippen LogP contribution in [-0.4, -0.2) is 53.8 Å². The smallest absolute Gasteiger partial charge is 0.315 e. The SMILES string of the molecule is C=CCN(CC=C)C(=O)[C@H](CCCC)NC(=O)N[C@@H](CC(=O)O)c1ccc2c(c1)OCO2. The minimum Gasteiger partial charge on any atom is -0.481 e. The molecular formula is C23H31N3O6. The average molecular weight is 446 g/mol. The Hall–Kier alpha value is -3.49. The van der Waals surface area contributed by atoms with Crippen LogP contribution in [-0.2, 0) is 9.59 Å². The fourth-order valence-electron chi connectivity index (χ4n) is 3.37. The van der Waals surface area contributed by atoms with Gasteiger partial charge in [-0.1, -0.05) is 38.0 Å². The summed E-state index contributed by atoms with van der Waals surface area (Å²) >= 11 is 0. The fraction of sp³-hybridized carbons (Fsp3) is 0.435. The molecule has 0 aliphatic carbocycles. The van der Waals surface area contributed by atoms with Crippen LogP contribution in [0.3, 0.4) is 0 Å². The van der Waals surface area contributed by atoms with Crippen molar-refractivity contribution in [3.63, 3.8) is 0 Å². The van der Waals surface area contributed by atoms with Gasteiger partial charge in [-0.05, 0) is 24.1 Å². The number of rotatable bonds is 13. The molecule has 9 nitrogen and oxygen atoms in total. The Labute approximate surface area is 188 Å². The molecule has 0 saturated heterocycles. The quantitative estimate of drug-likeness (QED) is 0.402. The second kappa shape index (κ2) is 12.4. The van der Waals surface area contributed by atoms with Gasteiger partial charge in [-0.2, -0.15) is 0 Å². The van der Waals surface area contributed by atoms with E-state index in [4.69, 9.17) is 9.47 Å². The lowest BCUT2D eigenvalue weighted by atomic mass is 10.0. The number of benzene rings is 1. The first kappa shape index (κ1) is 24.8. The number of carboxylic acids is 1. The standard InChI is InChI=1S/C23H31N3O6/c1-4-7-8-17(22(29)26(11-5-2)12-6-3)24-23(30)25-18(14-21(27)28)16-9-10-19-20(13-16)32-15-31-19/h5-6,9-10,13,17-18H,2-4,7-8,11-12,14-15H2,1H3,(H,27,28)(H2,24,25,30)/t17-,18-/m0/s1. The minimum atomic E-state index is -1.07. The highest BCUT2D eigenvalue weighted by Gasteiger charge is 2.27. The molecule has 0 saturated carbocycles. The van der Waals surface area contributed by atoms with Crippen LogP contribution in [0, 0.1) is 0 Å². The lowest BCUT2D eigenvalue weighted by molar-refractivity contribution is -0.137. The third-order valence-corrected chi connectivity index (χ3v) is 4.94. The van der Waals surface area contributed by atoms with E-state index in [-0.39, 0.29) is 19.1 Å². The normalized spacial score (nSPS) is 13.5. The number of hydrogen-bond donors (Lipinski definition) is 3. The van der Waals surface area contributed by atoms with Crippen LogP contribution in [0.2, 0.25) is 0 Å². The van der Waals surface area contributed by atoms with Gasteiger partial charge in [0.05, 0.1) is 12.5 Å². The average Bonchev–Trinajstić information content (AvgIpc) is 3.23. The second-order valence-electron chi connectivity index (χ2n) is 7.40. The zero-order valence-corrected chi connectivity index (χ0v) is 18.3. The van der Waals surface area contributed by atoms with Crippen molar-refractivity contribution < 1.29 is 29.0 Å². The highest BCUT2D eigenvalue weighted by molar-refractivity contribution is 5.87. The number of unbranched alkanes of at least 4 members (excludes halogenated alkanes) is 1. The summed E-state index contributed by atoms with van der Waals surface area (Å²) in [7, 11) is 0. The number of carbonyl (C=O) groups is 3. The van der Waals surface area contributed by atoms with Gasteiger partial charge >= 0.3 is 12.0 Å². The molecule has 1 heterocycles. The van der Waals surface area contributed by atoms with E-state index < -0.39 is 24.1 Å². The number of nitrogens with one attached hydrogen (secondary N) is 2. The monoisotopic (exact) mass is 445 g/mol. The first-order valence-electron chi connectivity index (χ1n) is 10.6. The van der Waals surface area contributed by atoms with E-state index in [9.17, 15) is 19.5 Å². The maximum atomic E-state index is 13.0. The van der Waals surface area contributed by atoms with Crippen LogP contribution in [0.1, 0.15) is 44.2 Å². The molecule has 9 heteroatoms. The highest BCUT2D eigenvalue weighted by atomic mass is 16.7. The largest absolute Gasteiger partial charge is 0.481 e. The molecular weight excluding hydrogens is 414 g/mol. The Morgan fingerprint density at radius 3 is 2.47 bits per heavy atom. The Bertz CT molecular complexity index is 831. The van der Waals surface area contributed by atoms with Gasteiger partial charge < -0.3 is 30.1 Å². The van der Waals surface area contributed by atoms with Crippen molar-refractivity contribution in [3.8, 4) is 11.5 Å². The summed E-state index contributed by atoms with van der Waals surface area (Å²) in [6.07, 6.45) is 4.95. The third-order valence-electron chi connectivity index (χ3n) is 4.94. The molecule has 0 aromatic heterocycles. The van der Waals surface area contributed by atoms with Crippen LogP contribution < -0.4 is 20.1 Å². The molecule has 32 heavy (non-hydrogen) atoms. The summed E-state index contributed by atoms with van der Waals surface area (Å²) in [5, 5.41) is 14.7. The van der Waals surface area contributed by atoms with Gasteiger partial charge in [0.2, 0.25) is 12.7 Å². The number of nitrogens with zero attached hydrogens (tertiary/aromatic N) is 1. The molecule has 1 aliphatic heterocycles. The molecule has 0 unspecified atom stereocenters. The van der Waals surface area contributed by atoms with Gasteiger partial charge in [-0.15, -0.1) is 13.2 Å². The van der Waals surface area contributed by atoms with Gasteiger partial charge in [-0.3, -0.25) is 9.59 Å². The first-order chi connectivity index (χ1) is 15.4. The van der Waals surface area contributed by atoms with Crippen LogP contribution in [0.25, 0.3) is 0 Å². The molecule has 3 N–H and O–H groups in total. The van der Waals surface area contributed by atoms with E-state index >= 15 is 0 Å². The predicted molar refractivity (Wildman–Crippen MR) is 120 cm³/mol. The van der Waals surface area contributed by atoms with Crippen molar-refractivity contribution >= 4 is 17.9 Å². The summed E-state index contributed by atoms with van der Waals surface area (Å²) in [5.41, 5.74) is 0.558. The van der Waals surface area contributed by atoms with E-state index in [1.54, 1.807) is 35.3 Å². The summed E-state index contributed by atoms with van der Waals surface area (Å²) in [4.78, 5) is 38.7. The van der Waals surface area contributed by atoms with Crippen molar-refractivity contribution in [3.05, 3.63) is 49.1 Å². The zero-order valence-electron chi connectivity index (χ0n) is 18.3. The Morgan fingerprint density at radius 1 is 1.16 bits per heavy atom. The third kappa shape index (κ3) is 7.04. The van der Waals surface area contributed by atoms with Crippen LogP contribution in [0.15, 0.2) is 43.5 Å². The first-order valence-corrected chi connectivity index (χ1v) is 10.6. The molecule has 1 aliphatic rings. The number of urea groups is 1. The molecule has 0 radical (unpaired) electrons. The molecule has 1 aromatic rings. The summed E-state index contributed by atoms with van der Waals surface area (Å²) in [5.74, 6) is -0.274.